The average Bonchev–Trinajstić information content (AvgIpc) is 1.27. The minimum atomic E-state index is -0.385. The van der Waals surface area contributed by atoms with Crippen LogP contribution in [-0.4, -0.2) is 10.9 Å². The number of amides is 1. The van der Waals surface area contributed by atoms with E-state index in [9.17, 15) is 4.79 Å². The molecule has 0 aromatic rings. The van der Waals surface area contributed by atoms with E-state index >= 15 is 0 Å². The summed E-state index contributed by atoms with van der Waals surface area (Å²) >= 11 is 2.95. The van der Waals surface area contributed by atoms with Crippen LogP contribution in [0.4, 0.5) is 0 Å². The number of primary amides is 1. The van der Waals surface area contributed by atoms with Crippen LogP contribution in [0.25, 0.3) is 0 Å². The fourth-order valence-electron chi connectivity index (χ4n) is 0.192. The summed E-state index contributed by atoms with van der Waals surface area (Å²) in [6.07, 6.45) is 0.194. The molecule has 1 atom stereocenters. The van der Waals surface area contributed by atoms with E-state index < -0.39 is 0 Å². The van der Waals surface area contributed by atoms with E-state index in [1.54, 1.807) is 0 Å². The zero-order valence-corrected chi connectivity index (χ0v) is 5.31. The molecular formula is C3H7BrN2O. The molecule has 0 spiro atoms. The summed E-state index contributed by atoms with van der Waals surface area (Å²) in [5, 5.41) is 0. The molecule has 0 fully saturated rings. The lowest BCUT2D eigenvalue weighted by molar-refractivity contribution is -0.117. The Hall–Kier alpha value is -0.0900. The normalized spacial score (nSPS) is 13.4. The topological polar surface area (TPSA) is 69.1 Å². The van der Waals surface area contributed by atoms with Crippen molar-refractivity contribution in [2.75, 3.05) is 0 Å². The first-order valence-corrected chi connectivity index (χ1v) is 2.72. The molecule has 42 valence electrons. The van der Waals surface area contributed by atoms with Crippen molar-refractivity contribution in [3.8, 4) is 0 Å². The van der Waals surface area contributed by atoms with Gasteiger partial charge < -0.3 is 11.5 Å². The summed E-state index contributed by atoms with van der Waals surface area (Å²) < 4.78 is 0. The van der Waals surface area contributed by atoms with Gasteiger partial charge in [-0.15, -0.1) is 0 Å². The highest BCUT2D eigenvalue weighted by atomic mass is 79.9. The summed E-state index contributed by atoms with van der Waals surface area (Å²) in [5.41, 5.74) is 9.85. The molecule has 7 heavy (non-hydrogen) atoms. The Morgan fingerprint density at radius 3 is 2.29 bits per heavy atom. The molecule has 0 aliphatic heterocycles. The number of hydrogen-bond acceptors (Lipinski definition) is 2. The van der Waals surface area contributed by atoms with E-state index in [1.807, 2.05) is 0 Å². The highest BCUT2D eigenvalue weighted by Gasteiger charge is 1.98. The SMILES string of the molecule is NC(=O)CC(N)Br. The van der Waals surface area contributed by atoms with Crippen molar-refractivity contribution in [2.24, 2.45) is 11.5 Å². The van der Waals surface area contributed by atoms with E-state index in [1.165, 1.54) is 0 Å². The minimum Gasteiger partial charge on any atom is -0.370 e. The first-order valence-electron chi connectivity index (χ1n) is 1.81. The first kappa shape index (κ1) is 6.91. The Kier molecular flexibility index (Phi) is 2.95. The Bertz CT molecular complexity index is 73.3. The second kappa shape index (κ2) is 2.98. The molecule has 0 heterocycles. The van der Waals surface area contributed by atoms with E-state index in [0.29, 0.717) is 0 Å². The molecule has 0 aliphatic carbocycles. The third-order valence-electron chi connectivity index (χ3n) is 0.396. The summed E-state index contributed by atoms with van der Waals surface area (Å²) in [6.45, 7) is 0. The van der Waals surface area contributed by atoms with Crippen LogP contribution in [0, 0.1) is 0 Å². The van der Waals surface area contributed by atoms with Crippen LogP contribution in [0.2, 0.25) is 0 Å². The van der Waals surface area contributed by atoms with Crippen LogP contribution in [-0.2, 0) is 4.79 Å². The Morgan fingerprint density at radius 2 is 2.29 bits per heavy atom. The molecule has 0 saturated heterocycles. The van der Waals surface area contributed by atoms with Gasteiger partial charge in [-0.1, -0.05) is 15.9 Å². The largest absolute Gasteiger partial charge is 0.370 e. The van der Waals surface area contributed by atoms with Gasteiger partial charge in [-0.25, -0.2) is 0 Å². The molecular weight excluding hydrogens is 160 g/mol. The molecule has 0 saturated carbocycles. The number of hydrogen-bond donors (Lipinski definition) is 2. The molecule has 1 amide bonds. The molecule has 3 nitrogen and oxygen atoms in total. The minimum absolute atomic E-state index is 0.194. The van der Waals surface area contributed by atoms with Crippen molar-refractivity contribution in [2.45, 2.75) is 11.4 Å². The van der Waals surface area contributed by atoms with Crippen LogP contribution in [0.5, 0.6) is 0 Å². The number of alkyl halides is 1. The van der Waals surface area contributed by atoms with Crippen molar-refractivity contribution in [3.63, 3.8) is 0 Å². The second-order valence-electron chi connectivity index (χ2n) is 1.19. The summed E-state index contributed by atoms with van der Waals surface area (Å²) in [6, 6.07) is 0. The zero-order chi connectivity index (χ0) is 5.86. The fraction of sp³-hybridized carbons (Fsp3) is 0.667. The average molecular weight is 167 g/mol. The van der Waals surface area contributed by atoms with Gasteiger partial charge in [0.05, 0.1) is 11.4 Å². The predicted molar refractivity (Wildman–Crippen MR) is 30.7 cm³/mol. The van der Waals surface area contributed by atoms with Crippen molar-refractivity contribution < 1.29 is 4.79 Å². The van der Waals surface area contributed by atoms with E-state index in [-0.39, 0.29) is 17.3 Å². The van der Waals surface area contributed by atoms with Gasteiger partial charge in [0, 0.05) is 0 Å². The third kappa shape index (κ3) is 5.91. The number of rotatable bonds is 2. The van der Waals surface area contributed by atoms with Crippen LogP contribution in [0.15, 0.2) is 0 Å². The van der Waals surface area contributed by atoms with Gasteiger partial charge in [0.25, 0.3) is 0 Å². The summed E-state index contributed by atoms with van der Waals surface area (Å²) in [4.78, 5) is 9.63. The molecule has 0 bridgehead atoms. The Labute approximate surface area is 50.2 Å². The van der Waals surface area contributed by atoms with Crippen molar-refractivity contribution in [3.05, 3.63) is 0 Å². The van der Waals surface area contributed by atoms with Gasteiger partial charge in [0.1, 0.15) is 0 Å². The Balaban J connectivity index is 3.13. The molecule has 4 N–H and O–H groups in total. The van der Waals surface area contributed by atoms with Crippen LogP contribution in [0.3, 0.4) is 0 Å². The van der Waals surface area contributed by atoms with Gasteiger partial charge in [-0.2, -0.15) is 0 Å². The maximum Gasteiger partial charge on any atom is 0.219 e. The van der Waals surface area contributed by atoms with Crippen molar-refractivity contribution >= 4 is 21.8 Å². The van der Waals surface area contributed by atoms with Crippen molar-refractivity contribution in [1.29, 1.82) is 0 Å². The molecule has 1 unspecified atom stereocenters. The lowest BCUT2D eigenvalue weighted by Gasteiger charge is -1.94. The molecule has 0 aromatic carbocycles. The highest BCUT2D eigenvalue weighted by Crippen LogP contribution is 1.93. The number of nitrogens with two attached hydrogens (primary N) is 2. The fourth-order valence-corrected chi connectivity index (χ4v) is 0.511. The Morgan fingerprint density at radius 1 is 1.86 bits per heavy atom. The van der Waals surface area contributed by atoms with E-state index in [4.69, 9.17) is 11.5 Å². The van der Waals surface area contributed by atoms with Gasteiger partial charge in [-0.05, 0) is 0 Å². The molecule has 0 radical (unpaired) electrons. The smallest absolute Gasteiger partial charge is 0.219 e. The number of halogens is 1. The summed E-state index contributed by atoms with van der Waals surface area (Å²) in [5.74, 6) is -0.385. The van der Waals surface area contributed by atoms with Crippen LogP contribution >= 0.6 is 15.9 Å². The van der Waals surface area contributed by atoms with Crippen molar-refractivity contribution in [1.82, 2.24) is 0 Å². The predicted octanol–water partition coefficient (Wildman–Crippen LogP) is -0.459. The van der Waals surface area contributed by atoms with Gasteiger partial charge >= 0.3 is 0 Å². The summed E-state index contributed by atoms with van der Waals surface area (Å²) in [7, 11) is 0. The monoisotopic (exact) mass is 166 g/mol. The lowest BCUT2D eigenvalue weighted by atomic mass is 10.4. The first-order chi connectivity index (χ1) is 3.13. The van der Waals surface area contributed by atoms with Gasteiger partial charge in [0.2, 0.25) is 5.91 Å². The highest BCUT2D eigenvalue weighted by molar-refractivity contribution is 9.09. The molecule has 0 aromatic heterocycles. The molecule has 0 aliphatic rings. The maximum atomic E-state index is 9.92. The zero-order valence-electron chi connectivity index (χ0n) is 3.73. The third-order valence-corrected chi connectivity index (χ3v) is 0.720. The number of carbonyl (C=O) groups is 1. The molecule has 4 heteroatoms. The van der Waals surface area contributed by atoms with Gasteiger partial charge in [-0.3, -0.25) is 4.79 Å². The second-order valence-corrected chi connectivity index (χ2v) is 2.36. The van der Waals surface area contributed by atoms with E-state index in [2.05, 4.69) is 15.9 Å². The van der Waals surface area contributed by atoms with Gasteiger partial charge in [0.15, 0.2) is 0 Å². The van der Waals surface area contributed by atoms with Crippen LogP contribution < -0.4 is 11.5 Å². The molecule has 0 rings (SSSR count). The quantitative estimate of drug-likeness (QED) is 0.431. The van der Waals surface area contributed by atoms with E-state index in [0.717, 1.165) is 0 Å². The lowest BCUT2D eigenvalue weighted by Crippen LogP contribution is -2.21. The maximum absolute atomic E-state index is 9.92. The van der Waals surface area contributed by atoms with Crippen LogP contribution in [0.1, 0.15) is 6.42 Å². The standard InChI is InChI=1S/C3H7BrN2O/c4-2(5)1-3(6)7/h2H,1,5H2,(H2,6,7). The number of carbonyl (C=O) groups excluding carboxylic acids is 1.